The Morgan fingerprint density at radius 1 is 1.10 bits per heavy atom. The van der Waals surface area contributed by atoms with E-state index in [2.05, 4.69) is 43.4 Å². The van der Waals surface area contributed by atoms with E-state index in [1.54, 1.807) is 7.11 Å². The Hall–Kier alpha value is -1.42. The van der Waals surface area contributed by atoms with Crippen molar-refractivity contribution in [2.45, 2.75) is 26.0 Å². The predicted octanol–water partition coefficient (Wildman–Crippen LogP) is 3.13. The van der Waals surface area contributed by atoms with Gasteiger partial charge in [-0.3, -0.25) is 0 Å². The summed E-state index contributed by atoms with van der Waals surface area (Å²) >= 11 is 0. The maximum absolute atomic E-state index is 10.4. The lowest BCUT2D eigenvalue weighted by Crippen LogP contribution is -2.39. The molecular formula is C18H25NO2. The van der Waals surface area contributed by atoms with Gasteiger partial charge in [-0.15, -0.1) is 0 Å². The minimum Gasteiger partial charge on any atom is -0.387 e. The first kappa shape index (κ1) is 16.0. The average molecular weight is 287 g/mol. The normalized spacial score (nSPS) is 14.5. The zero-order chi connectivity index (χ0) is 15.2. The molecule has 0 bridgehead atoms. The van der Waals surface area contributed by atoms with E-state index in [0.717, 1.165) is 10.9 Å². The second kappa shape index (κ2) is 7.55. The zero-order valence-corrected chi connectivity index (χ0v) is 13.0. The molecule has 3 nitrogen and oxygen atoms in total. The van der Waals surface area contributed by atoms with Gasteiger partial charge in [-0.1, -0.05) is 50.2 Å². The van der Waals surface area contributed by atoms with Gasteiger partial charge >= 0.3 is 0 Å². The van der Waals surface area contributed by atoms with Crippen LogP contribution in [0, 0.1) is 5.92 Å². The van der Waals surface area contributed by atoms with Crippen LogP contribution in [0.5, 0.6) is 0 Å². The van der Waals surface area contributed by atoms with Crippen molar-refractivity contribution in [3.05, 3.63) is 48.0 Å². The molecule has 3 heteroatoms. The van der Waals surface area contributed by atoms with Crippen molar-refractivity contribution in [1.29, 1.82) is 0 Å². The predicted molar refractivity (Wildman–Crippen MR) is 87.4 cm³/mol. The van der Waals surface area contributed by atoms with Gasteiger partial charge in [-0.25, -0.2) is 0 Å². The number of hydrogen-bond donors (Lipinski definition) is 2. The van der Waals surface area contributed by atoms with Crippen LogP contribution in [0.4, 0.5) is 0 Å². The Morgan fingerprint density at radius 2 is 1.81 bits per heavy atom. The fourth-order valence-electron chi connectivity index (χ4n) is 2.46. The summed E-state index contributed by atoms with van der Waals surface area (Å²) in [5.41, 5.74) is 0.945. The Kier molecular flexibility index (Phi) is 5.74. The van der Waals surface area contributed by atoms with Crippen LogP contribution >= 0.6 is 0 Å². The Bertz CT molecular complexity index is 568. The summed E-state index contributed by atoms with van der Waals surface area (Å²) < 4.78 is 5.22. The summed E-state index contributed by atoms with van der Waals surface area (Å²) in [4.78, 5) is 0. The molecule has 0 aliphatic rings. The SMILES string of the molecule is COCC(NCC(O)c1ccc2ccccc2c1)C(C)C. The molecule has 0 radical (unpaired) electrons. The lowest BCUT2D eigenvalue weighted by Gasteiger charge is -2.23. The van der Waals surface area contributed by atoms with Crippen LogP contribution in [0.1, 0.15) is 25.5 Å². The Balaban J connectivity index is 2.02. The smallest absolute Gasteiger partial charge is 0.0914 e. The lowest BCUT2D eigenvalue weighted by atomic mass is 10.0. The van der Waals surface area contributed by atoms with Gasteiger partial charge in [0.15, 0.2) is 0 Å². The highest BCUT2D eigenvalue weighted by atomic mass is 16.5. The fourth-order valence-corrected chi connectivity index (χ4v) is 2.46. The van der Waals surface area contributed by atoms with E-state index in [1.165, 1.54) is 5.39 Å². The molecule has 0 aliphatic carbocycles. The van der Waals surface area contributed by atoms with Crippen molar-refractivity contribution in [3.63, 3.8) is 0 Å². The van der Waals surface area contributed by atoms with Crippen LogP contribution in [-0.4, -0.2) is 31.4 Å². The summed E-state index contributed by atoms with van der Waals surface area (Å²) in [6.45, 7) is 5.49. The topological polar surface area (TPSA) is 41.5 Å². The number of nitrogens with one attached hydrogen (secondary N) is 1. The third-order valence-corrected chi connectivity index (χ3v) is 3.88. The van der Waals surface area contributed by atoms with E-state index >= 15 is 0 Å². The van der Waals surface area contributed by atoms with Crippen LogP contribution in [0.2, 0.25) is 0 Å². The van der Waals surface area contributed by atoms with Gasteiger partial charge in [-0.2, -0.15) is 0 Å². The molecule has 21 heavy (non-hydrogen) atoms. The number of aliphatic hydroxyl groups is 1. The summed E-state index contributed by atoms with van der Waals surface area (Å²) in [5, 5.41) is 16.1. The summed E-state index contributed by atoms with van der Waals surface area (Å²) in [6.07, 6.45) is -0.507. The van der Waals surface area contributed by atoms with E-state index in [-0.39, 0.29) is 6.04 Å². The number of benzene rings is 2. The van der Waals surface area contributed by atoms with Crippen LogP contribution < -0.4 is 5.32 Å². The molecule has 2 N–H and O–H groups in total. The molecule has 0 spiro atoms. The quantitative estimate of drug-likeness (QED) is 0.822. The van der Waals surface area contributed by atoms with Crippen molar-refractivity contribution in [3.8, 4) is 0 Å². The number of hydrogen-bond acceptors (Lipinski definition) is 3. The van der Waals surface area contributed by atoms with E-state index in [4.69, 9.17) is 4.74 Å². The zero-order valence-electron chi connectivity index (χ0n) is 13.0. The Labute approximate surface area is 126 Å². The van der Waals surface area contributed by atoms with Crippen LogP contribution in [-0.2, 0) is 4.74 Å². The van der Waals surface area contributed by atoms with Gasteiger partial charge in [0, 0.05) is 19.7 Å². The largest absolute Gasteiger partial charge is 0.387 e. The molecular weight excluding hydrogens is 262 g/mol. The average Bonchev–Trinajstić information content (AvgIpc) is 2.50. The van der Waals surface area contributed by atoms with Gasteiger partial charge < -0.3 is 15.2 Å². The second-order valence-electron chi connectivity index (χ2n) is 5.84. The molecule has 114 valence electrons. The van der Waals surface area contributed by atoms with Crippen LogP contribution in [0.3, 0.4) is 0 Å². The number of aliphatic hydroxyl groups excluding tert-OH is 1. The number of rotatable bonds is 7. The standard InChI is InChI=1S/C18H25NO2/c1-13(2)17(12-21-3)19-11-18(20)16-9-8-14-6-4-5-7-15(14)10-16/h4-10,13,17-20H,11-12H2,1-3H3. The minimum absolute atomic E-state index is 0.255. The molecule has 0 aliphatic heterocycles. The molecule has 2 rings (SSSR count). The summed E-state index contributed by atoms with van der Waals surface area (Å²) in [7, 11) is 1.71. The highest BCUT2D eigenvalue weighted by Gasteiger charge is 2.15. The van der Waals surface area contributed by atoms with Crippen LogP contribution in [0.15, 0.2) is 42.5 Å². The molecule has 2 aromatic rings. The molecule has 0 saturated carbocycles. The third-order valence-electron chi connectivity index (χ3n) is 3.88. The number of methoxy groups -OCH3 is 1. The van der Waals surface area contributed by atoms with Crippen LogP contribution in [0.25, 0.3) is 10.8 Å². The maximum atomic E-state index is 10.4. The first-order valence-corrected chi connectivity index (χ1v) is 7.51. The number of fused-ring (bicyclic) bond motifs is 1. The van der Waals surface area contributed by atoms with E-state index < -0.39 is 6.10 Å². The van der Waals surface area contributed by atoms with Gasteiger partial charge in [0.05, 0.1) is 12.7 Å². The Morgan fingerprint density at radius 3 is 2.48 bits per heavy atom. The minimum atomic E-state index is -0.507. The monoisotopic (exact) mass is 287 g/mol. The van der Waals surface area contributed by atoms with Gasteiger partial charge in [-0.05, 0) is 28.3 Å². The molecule has 2 aromatic carbocycles. The van der Waals surface area contributed by atoms with Crippen molar-refractivity contribution < 1.29 is 9.84 Å². The van der Waals surface area contributed by atoms with Gasteiger partial charge in [0.1, 0.15) is 0 Å². The molecule has 0 saturated heterocycles. The molecule has 0 heterocycles. The fraction of sp³-hybridized carbons (Fsp3) is 0.444. The first-order chi connectivity index (χ1) is 10.1. The maximum Gasteiger partial charge on any atom is 0.0914 e. The van der Waals surface area contributed by atoms with Crippen molar-refractivity contribution in [2.75, 3.05) is 20.3 Å². The molecule has 2 unspecified atom stereocenters. The highest BCUT2D eigenvalue weighted by Crippen LogP contribution is 2.20. The molecule has 2 atom stereocenters. The number of ether oxygens (including phenoxy) is 1. The lowest BCUT2D eigenvalue weighted by molar-refractivity contribution is 0.124. The van der Waals surface area contributed by atoms with Gasteiger partial charge in [0.25, 0.3) is 0 Å². The summed E-state index contributed by atoms with van der Waals surface area (Å²) in [6, 6.07) is 14.6. The highest BCUT2D eigenvalue weighted by molar-refractivity contribution is 5.83. The summed E-state index contributed by atoms with van der Waals surface area (Å²) in [5.74, 6) is 0.466. The van der Waals surface area contributed by atoms with Crippen molar-refractivity contribution in [1.82, 2.24) is 5.32 Å². The molecule has 0 aromatic heterocycles. The molecule has 0 amide bonds. The second-order valence-corrected chi connectivity index (χ2v) is 5.84. The third kappa shape index (κ3) is 4.27. The van der Waals surface area contributed by atoms with Crippen molar-refractivity contribution in [2.24, 2.45) is 5.92 Å². The van der Waals surface area contributed by atoms with Crippen molar-refractivity contribution >= 4 is 10.8 Å². The van der Waals surface area contributed by atoms with E-state index in [1.807, 2.05) is 18.2 Å². The van der Waals surface area contributed by atoms with E-state index in [9.17, 15) is 5.11 Å². The van der Waals surface area contributed by atoms with E-state index in [0.29, 0.717) is 19.1 Å². The molecule has 0 fully saturated rings. The first-order valence-electron chi connectivity index (χ1n) is 7.51. The van der Waals surface area contributed by atoms with Gasteiger partial charge in [0.2, 0.25) is 0 Å².